The molecule has 0 saturated carbocycles. The van der Waals surface area contributed by atoms with E-state index in [0.717, 1.165) is 18.7 Å². The molecule has 2 aromatic carbocycles. The van der Waals surface area contributed by atoms with Gasteiger partial charge in [0.25, 0.3) is 5.91 Å². The van der Waals surface area contributed by atoms with Gasteiger partial charge in [-0.05, 0) is 47.9 Å². The van der Waals surface area contributed by atoms with Crippen molar-refractivity contribution in [2.45, 2.75) is 13.0 Å². The summed E-state index contributed by atoms with van der Waals surface area (Å²) in [6.07, 6.45) is 0. The Hall–Kier alpha value is -3.56. The zero-order valence-corrected chi connectivity index (χ0v) is 21.1. The monoisotopic (exact) mass is 496 g/mol. The molecule has 9 nitrogen and oxygen atoms in total. The molecule has 0 bridgehead atoms. The van der Waals surface area contributed by atoms with E-state index >= 15 is 0 Å². The van der Waals surface area contributed by atoms with Gasteiger partial charge in [0.05, 0.1) is 53.7 Å². The number of hydrogen-bond donors (Lipinski definition) is 1. The summed E-state index contributed by atoms with van der Waals surface area (Å²) in [6, 6.07) is 9.35. The molecule has 2 aromatic rings. The fourth-order valence-corrected chi connectivity index (χ4v) is 4.83. The Kier molecular flexibility index (Phi) is 7.81. The number of carbonyl (C=O) groups excluding carboxylic acids is 2. The van der Waals surface area contributed by atoms with E-state index in [1.807, 2.05) is 6.92 Å². The van der Waals surface area contributed by atoms with Gasteiger partial charge in [0.15, 0.2) is 11.5 Å². The van der Waals surface area contributed by atoms with Crippen LogP contribution in [0.1, 0.15) is 22.7 Å². The Morgan fingerprint density at radius 1 is 1.00 bits per heavy atom. The number of quaternary nitrogens is 1. The van der Waals surface area contributed by atoms with Crippen LogP contribution in [0.4, 0.5) is 0 Å². The van der Waals surface area contributed by atoms with Gasteiger partial charge in [-0.1, -0.05) is 17.9 Å². The summed E-state index contributed by atoms with van der Waals surface area (Å²) >= 11 is 0. The molecular formula is C27H32N2O7. The smallest absolute Gasteiger partial charge is 0.295 e. The van der Waals surface area contributed by atoms with Crippen LogP contribution in [0.2, 0.25) is 0 Å². The van der Waals surface area contributed by atoms with Crippen LogP contribution in [0.15, 0.2) is 42.0 Å². The quantitative estimate of drug-likeness (QED) is 0.316. The molecule has 1 unspecified atom stereocenters. The lowest BCUT2D eigenvalue weighted by atomic mass is 9.94. The van der Waals surface area contributed by atoms with Gasteiger partial charge in [-0.2, -0.15) is 0 Å². The van der Waals surface area contributed by atoms with Crippen LogP contribution in [0.5, 0.6) is 17.2 Å². The predicted octanol–water partition coefficient (Wildman–Crippen LogP) is 0.160. The second kappa shape index (κ2) is 11.0. The van der Waals surface area contributed by atoms with E-state index in [9.17, 15) is 14.7 Å². The summed E-state index contributed by atoms with van der Waals surface area (Å²) in [5, 5.41) is 13.7. The molecule has 9 heteroatoms. The van der Waals surface area contributed by atoms with Gasteiger partial charge in [0.2, 0.25) is 5.78 Å². The van der Waals surface area contributed by atoms with Crippen LogP contribution < -0.4 is 24.2 Å². The maximum atomic E-state index is 13.7. The number of hydrogen-bond acceptors (Lipinski definition) is 7. The summed E-state index contributed by atoms with van der Waals surface area (Å²) in [5.74, 6) is -0.314. The highest BCUT2D eigenvalue weighted by Crippen LogP contribution is 2.41. The average Bonchev–Trinajstić information content (AvgIpc) is 3.16. The maximum absolute atomic E-state index is 13.7. The minimum atomic E-state index is -0.833. The first-order valence-electron chi connectivity index (χ1n) is 11.9. The lowest BCUT2D eigenvalue weighted by Crippen LogP contribution is -3.14. The molecule has 2 heterocycles. The predicted molar refractivity (Wildman–Crippen MR) is 130 cm³/mol. The summed E-state index contributed by atoms with van der Waals surface area (Å²) in [5.41, 5.74) is 1.64. The molecule has 2 aliphatic heterocycles. The third kappa shape index (κ3) is 4.89. The summed E-state index contributed by atoms with van der Waals surface area (Å²) in [7, 11) is 4.60. The van der Waals surface area contributed by atoms with E-state index in [-0.39, 0.29) is 5.57 Å². The number of nitrogens with one attached hydrogen (secondary N) is 1. The fraction of sp³-hybridized carbons (Fsp3) is 0.407. The van der Waals surface area contributed by atoms with Gasteiger partial charge >= 0.3 is 0 Å². The van der Waals surface area contributed by atoms with Crippen LogP contribution in [-0.2, 0) is 14.3 Å². The van der Waals surface area contributed by atoms with Gasteiger partial charge in [-0.15, -0.1) is 0 Å². The van der Waals surface area contributed by atoms with Crippen LogP contribution in [0.3, 0.4) is 0 Å². The number of ketones is 1. The molecule has 0 radical (unpaired) electrons. The highest BCUT2D eigenvalue weighted by atomic mass is 16.5. The first-order valence-corrected chi connectivity index (χ1v) is 11.9. The number of rotatable bonds is 8. The Labute approximate surface area is 210 Å². The van der Waals surface area contributed by atoms with E-state index < -0.39 is 23.5 Å². The molecule has 2 aliphatic rings. The molecule has 2 saturated heterocycles. The van der Waals surface area contributed by atoms with E-state index in [4.69, 9.17) is 18.9 Å². The molecule has 0 aliphatic carbocycles. The second-order valence-electron chi connectivity index (χ2n) is 8.88. The number of Topliss-reactive ketones (excluding diaryl/α,β-unsaturated/α-hetero) is 1. The van der Waals surface area contributed by atoms with Gasteiger partial charge in [0.1, 0.15) is 18.8 Å². The lowest BCUT2D eigenvalue weighted by molar-refractivity contribution is -0.907. The molecule has 0 aromatic heterocycles. The Morgan fingerprint density at radius 3 is 2.31 bits per heavy atom. The van der Waals surface area contributed by atoms with Crippen molar-refractivity contribution in [2.24, 2.45) is 0 Å². The van der Waals surface area contributed by atoms with Crippen molar-refractivity contribution in [3.63, 3.8) is 0 Å². The topological polar surface area (TPSA) is 102 Å². The number of likely N-dealkylation sites (tertiary alicyclic amines) is 1. The van der Waals surface area contributed by atoms with Crippen molar-refractivity contribution in [1.82, 2.24) is 4.90 Å². The average molecular weight is 497 g/mol. The maximum Gasteiger partial charge on any atom is 0.295 e. The third-order valence-electron chi connectivity index (χ3n) is 6.82. The Bertz CT molecular complexity index is 1170. The lowest BCUT2D eigenvalue weighted by Gasteiger charge is -2.30. The number of benzene rings is 2. The third-order valence-corrected chi connectivity index (χ3v) is 6.82. The van der Waals surface area contributed by atoms with E-state index in [1.54, 1.807) is 43.5 Å². The number of aryl methyl sites for hydroxylation is 1. The number of carbonyl (C=O) groups is 2. The largest absolute Gasteiger partial charge is 0.872 e. The highest BCUT2D eigenvalue weighted by molar-refractivity contribution is 6.46. The van der Waals surface area contributed by atoms with Gasteiger partial charge in [-0.25, -0.2) is 0 Å². The molecule has 0 spiro atoms. The van der Waals surface area contributed by atoms with Crippen LogP contribution in [0, 0.1) is 6.92 Å². The SMILES string of the molecule is COc1ccc(C([O-])=C2C(=O)C(=O)N(CC[NH+]3CCOCC3)C2c2ccc(OC)c(OC)c2)cc1C. The first-order chi connectivity index (χ1) is 17.4. The van der Waals surface area contributed by atoms with Crippen LogP contribution >= 0.6 is 0 Å². The van der Waals surface area contributed by atoms with Crippen LogP contribution in [0.25, 0.3) is 5.76 Å². The molecular weight excluding hydrogens is 464 g/mol. The summed E-state index contributed by atoms with van der Waals surface area (Å²) < 4.78 is 21.6. The number of amides is 1. The number of nitrogens with zero attached hydrogens (tertiary/aromatic N) is 1. The molecule has 192 valence electrons. The Morgan fingerprint density at radius 2 is 1.67 bits per heavy atom. The van der Waals surface area contributed by atoms with Crippen molar-refractivity contribution in [3.05, 3.63) is 58.7 Å². The van der Waals surface area contributed by atoms with E-state index in [0.29, 0.717) is 54.7 Å². The molecule has 1 amide bonds. The summed E-state index contributed by atoms with van der Waals surface area (Å²) in [4.78, 5) is 29.3. The van der Waals surface area contributed by atoms with Crippen molar-refractivity contribution >= 4 is 17.4 Å². The molecule has 2 fully saturated rings. The van der Waals surface area contributed by atoms with Crippen LogP contribution in [-0.4, -0.2) is 77.3 Å². The molecule has 36 heavy (non-hydrogen) atoms. The van der Waals surface area contributed by atoms with E-state index in [1.165, 1.54) is 24.0 Å². The highest BCUT2D eigenvalue weighted by Gasteiger charge is 2.44. The zero-order valence-electron chi connectivity index (χ0n) is 21.1. The van der Waals surface area contributed by atoms with Gasteiger partial charge in [0, 0.05) is 5.57 Å². The van der Waals surface area contributed by atoms with Crippen molar-refractivity contribution in [2.75, 3.05) is 60.7 Å². The Balaban J connectivity index is 1.79. The van der Waals surface area contributed by atoms with E-state index in [2.05, 4.69) is 0 Å². The normalized spacial score (nSPS) is 20.0. The first kappa shape index (κ1) is 25.5. The number of ether oxygens (including phenoxy) is 4. The minimum absolute atomic E-state index is 0.0613. The number of methoxy groups -OCH3 is 3. The van der Waals surface area contributed by atoms with Crippen molar-refractivity contribution in [3.8, 4) is 17.2 Å². The van der Waals surface area contributed by atoms with Gasteiger partial charge < -0.3 is 33.9 Å². The molecule has 4 rings (SSSR count). The summed E-state index contributed by atoms with van der Waals surface area (Å²) in [6.45, 7) is 5.79. The number of morpholine rings is 1. The van der Waals surface area contributed by atoms with Crippen molar-refractivity contribution in [1.29, 1.82) is 0 Å². The zero-order chi connectivity index (χ0) is 25.8. The second-order valence-corrected chi connectivity index (χ2v) is 8.88. The fourth-order valence-electron chi connectivity index (χ4n) is 4.83. The standard InChI is InChI=1S/C27H32N2O7/c1-17-15-19(6-7-20(17)33-2)25(30)23-24(18-5-8-21(34-3)22(16-18)35-4)29(27(32)26(23)31)10-9-28-11-13-36-14-12-28/h5-8,15-16,24,30H,9-14H2,1-4H3. The van der Waals surface area contributed by atoms with Gasteiger partial charge in [-0.3, -0.25) is 9.59 Å². The van der Waals surface area contributed by atoms with Crippen molar-refractivity contribution < 1.29 is 38.5 Å². The molecule has 1 atom stereocenters. The minimum Gasteiger partial charge on any atom is -0.872 e. The molecule has 1 N–H and O–H groups in total.